The second-order valence-corrected chi connectivity index (χ2v) is 9.16. The number of ether oxygens (including phenoxy) is 2. The first kappa shape index (κ1) is 24.4. The van der Waals surface area contributed by atoms with Gasteiger partial charge in [-0.25, -0.2) is 4.98 Å². The SMILES string of the molecule is CCOCCn1c(C2CCN(CCc3ccc(C(C)C(=O)OC)cc3)CC2)nc2ccccc21. The highest BCUT2D eigenvalue weighted by Crippen LogP contribution is 2.30. The minimum absolute atomic E-state index is 0.193. The molecule has 0 saturated carbocycles. The summed E-state index contributed by atoms with van der Waals surface area (Å²) in [4.78, 5) is 19.3. The summed E-state index contributed by atoms with van der Waals surface area (Å²) in [6, 6.07) is 16.8. The normalized spacial score (nSPS) is 16.1. The lowest BCUT2D eigenvalue weighted by atomic mass is 9.95. The number of imidazole rings is 1. The third kappa shape index (κ3) is 5.68. The molecule has 1 aliphatic heterocycles. The predicted octanol–water partition coefficient (Wildman–Crippen LogP) is 4.77. The van der Waals surface area contributed by atoms with E-state index in [0.29, 0.717) is 5.92 Å². The smallest absolute Gasteiger partial charge is 0.312 e. The maximum Gasteiger partial charge on any atom is 0.312 e. The molecule has 1 fully saturated rings. The fraction of sp³-hybridized carbons (Fsp3) is 0.500. The summed E-state index contributed by atoms with van der Waals surface area (Å²) in [6.07, 6.45) is 3.28. The number of fused-ring (bicyclic) bond motifs is 1. The van der Waals surface area contributed by atoms with Gasteiger partial charge >= 0.3 is 5.97 Å². The molecule has 0 amide bonds. The fourth-order valence-corrected chi connectivity index (χ4v) is 4.93. The highest BCUT2D eigenvalue weighted by molar-refractivity contribution is 5.77. The van der Waals surface area contributed by atoms with Crippen LogP contribution in [0.2, 0.25) is 0 Å². The minimum atomic E-state index is -0.226. The molecule has 1 unspecified atom stereocenters. The van der Waals surface area contributed by atoms with Gasteiger partial charge in [0.15, 0.2) is 0 Å². The number of carbonyl (C=O) groups excluding carboxylic acids is 1. The lowest BCUT2D eigenvalue weighted by Gasteiger charge is -2.32. The fourth-order valence-electron chi connectivity index (χ4n) is 4.93. The summed E-state index contributed by atoms with van der Waals surface area (Å²) in [5, 5.41) is 0. The van der Waals surface area contributed by atoms with E-state index in [-0.39, 0.29) is 11.9 Å². The molecule has 2 heterocycles. The van der Waals surface area contributed by atoms with Crippen LogP contribution in [-0.4, -0.2) is 60.4 Å². The minimum Gasteiger partial charge on any atom is -0.469 e. The van der Waals surface area contributed by atoms with E-state index in [9.17, 15) is 4.79 Å². The Kier molecular flexibility index (Phi) is 8.35. The van der Waals surface area contributed by atoms with E-state index in [1.807, 2.05) is 13.8 Å². The van der Waals surface area contributed by atoms with Gasteiger partial charge in [-0.2, -0.15) is 0 Å². The largest absolute Gasteiger partial charge is 0.469 e. The Morgan fingerprint density at radius 2 is 1.82 bits per heavy atom. The molecule has 1 saturated heterocycles. The van der Waals surface area contributed by atoms with Gasteiger partial charge in [-0.15, -0.1) is 0 Å². The van der Waals surface area contributed by atoms with Crippen LogP contribution in [0.15, 0.2) is 48.5 Å². The summed E-state index contributed by atoms with van der Waals surface area (Å²) in [5.74, 6) is 1.29. The molecule has 0 radical (unpaired) electrons. The van der Waals surface area contributed by atoms with Crippen LogP contribution in [0, 0.1) is 0 Å². The van der Waals surface area contributed by atoms with E-state index in [1.54, 1.807) is 0 Å². The molecule has 6 nitrogen and oxygen atoms in total. The van der Waals surface area contributed by atoms with E-state index < -0.39 is 0 Å². The van der Waals surface area contributed by atoms with E-state index >= 15 is 0 Å². The summed E-state index contributed by atoms with van der Waals surface area (Å²) < 4.78 is 12.9. The van der Waals surface area contributed by atoms with Gasteiger partial charge < -0.3 is 18.9 Å². The van der Waals surface area contributed by atoms with Gasteiger partial charge in [0.1, 0.15) is 5.82 Å². The molecule has 0 aliphatic carbocycles. The van der Waals surface area contributed by atoms with Crippen molar-refractivity contribution in [1.29, 1.82) is 0 Å². The number of benzene rings is 2. The molecule has 6 heteroatoms. The zero-order valence-electron chi connectivity index (χ0n) is 20.7. The molecule has 4 rings (SSSR count). The highest BCUT2D eigenvalue weighted by Gasteiger charge is 2.25. The maximum absolute atomic E-state index is 11.8. The molecule has 2 aromatic carbocycles. The molecule has 182 valence electrons. The summed E-state index contributed by atoms with van der Waals surface area (Å²) >= 11 is 0. The number of methoxy groups -OCH3 is 1. The summed E-state index contributed by atoms with van der Waals surface area (Å²) in [7, 11) is 1.44. The number of aromatic nitrogens is 2. The lowest BCUT2D eigenvalue weighted by Crippen LogP contribution is -2.35. The number of hydrogen-bond acceptors (Lipinski definition) is 5. The maximum atomic E-state index is 11.8. The van der Waals surface area contributed by atoms with Crippen molar-refractivity contribution >= 4 is 17.0 Å². The molecular formula is C28H37N3O3. The summed E-state index contributed by atoms with van der Waals surface area (Å²) in [5.41, 5.74) is 4.61. The van der Waals surface area contributed by atoms with Gasteiger partial charge in [-0.1, -0.05) is 36.4 Å². The molecular weight excluding hydrogens is 426 g/mol. The molecule has 0 bridgehead atoms. The van der Waals surface area contributed by atoms with Crippen molar-refractivity contribution < 1.29 is 14.3 Å². The van der Waals surface area contributed by atoms with Crippen molar-refractivity contribution in [3.63, 3.8) is 0 Å². The third-order valence-corrected chi connectivity index (χ3v) is 7.05. The number of para-hydroxylation sites is 2. The number of rotatable bonds is 10. The van der Waals surface area contributed by atoms with E-state index in [0.717, 1.165) is 69.7 Å². The molecule has 0 spiro atoms. The number of nitrogens with zero attached hydrogens (tertiary/aromatic N) is 3. The highest BCUT2D eigenvalue weighted by atomic mass is 16.5. The predicted molar refractivity (Wildman–Crippen MR) is 135 cm³/mol. The lowest BCUT2D eigenvalue weighted by molar-refractivity contribution is -0.141. The second kappa shape index (κ2) is 11.6. The van der Waals surface area contributed by atoms with Crippen LogP contribution in [-0.2, 0) is 27.2 Å². The van der Waals surface area contributed by atoms with Gasteiger partial charge in [-0.05, 0) is 69.5 Å². The molecule has 1 aliphatic rings. The van der Waals surface area contributed by atoms with Crippen LogP contribution in [0.5, 0.6) is 0 Å². The first-order valence-corrected chi connectivity index (χ1v) is 12.5. The zero-order valence-corrected chi connectivity index (χ0v) is 20.7. The van der Waals surface area contributed by atoms with Crippen molar-refractivity contribution in [1.82, 2.24) is 14.5 Å². The van der Waals surface area contributed by atoms with Crippen molar-refractivity contribution in [3.05, 3.63) is 65.5 Å². The van der Waals surface area contributed by atoms with Crippen LogP contribution in [0.3, 0.4) is 0 Å². The van der Waals surface area contributed by atoms with Gasteiger partial charge in [0.25, 0.3) is 0 Å². The number of hydrogen-bond donors (Lipinski definition) is 0. The Bertz CT molecular complexity index is 1070. The van der Waals surface area contributed by atoms with Gasteiger partial charge in [-0.3, -0.25) is 4.79 Å². The van der Waals surface area contributed by atoms with Crippen LogP contribution in [0.25, 0.3) is 11.0 Å². The van der Waals surface area contributed by atoms with Crippen LogP contribution in [0.1, 0.15) is 55.5 Å². The average Bonchev–Trinajstić information content (AvgIpc) is 3.26. The van der Waals surface area contributed by atoms with Gasteiger partial charge in [0.2, 0.25) is 0 Å². The monoisotopic (exact) mass is 463 g/mol. The Balaban J connectivity index is 1.33. The third-order valence-electron chi connectivity index (χ3n) is 7.05. The van der Waals surface area contributed by atoms with Crippen molar-refractivity contribution in [2.45, 2.75) is 51.5 Å². The second-order valence-electron chi connectivity index (χ2n) is 9.16. The number of piperidine rings is 1. The van der Waals surface area contributed by atoms with Gasteiger partial charge in [0, 0.05) is 25.6 Å². The van der Waals surface area contributed by atoms with Crippen molar-refractivity contribution in [2.75, 3.05) is 40.0 Å². The summed E-state index contributed by atoms with van der Waals surface area (Å²) in [6.45, 7) is 9.49. The van der Waals surface area contributed by atoms with Crippen LogP contribution in [0.4, 0.5) is 0 Å². The van der Waals surface area contributed by atoms with Crippen molar-refractivity contribution in [2.24, 2.45) is 0 Å². The zero-order chi connectivity index (χ0) is 23.9. The molecule has 1 aromatic heterocycles. The topological polar surface area (TPSA) is 56.6 Å². The van der Waals surface area contributed by atoms with Crippen LogP contribution < -0.4 is 0 Å². The molecule has 1 atom stereocenters. The van der Waals surface area contributed by atoms with E-state index in [1.165, 1.54) is 24.0 Å². The standard InChI is InChI=1S/C28H37N3O3/c1-4-34-20-19-31-26-8-6-5-7-25(26)29-27(31)24-14-17-30(18-15-24)16-13-22-9-11-23(12-10-22)21(2)28(32)33-3/h5-12,21,24H,4,13-20H2,1-3H3. The quantitative estimate of drug-likeness (QED) is 0.320. The number of likely N-dealkylation sites (tertiary alicyclic amines) is 1. The molecule has 34 heavy (non-hydrogen) atoms. The van der Waals surface area contributed by atoms with Crippen LogP contribution >= 0.6 is 0 Å². The first-order valence-electron chi connectivity index (χ1n) is 12.5. The Labute approximate surface area is 202 Å². The average molecular weight is 464 g/mol. The molecule has 3 aromatic rings. The Hall–Kier alpha value is -2.70. The van der Waals surface area contributed by atoms with Gasteiger partial charge in [0.05, 0.1) is 30.7 Å². The first-order chi connectivity index (χ1) is 16.6. The van der Waals surface area contributed by atoms with E-state index in [4.69, 9.17) is 14.5 Å². The van der Waals surface area contributed by atoms with Crippen molar-refractivity contribution in [3.8, 4) is 0 Å². The number of esters is 1. The Morgan fingerprint density at radius 1 is 1.09 bits per heavy atom. The Morgan fingerprint density at radius 3 is 2.53 bits per heavy atom. The number of carbonyl (C=O) groups is 1. The van der Waals surface area contributed by atoms with E-state index in [2.05, 4.69) is 58.0 Å². The molecule has 0 N–H and O–H groups in total.